The Morgan fingerprint density at radius 3 is 3.00 bits per heavy atom. The molecule has 0 amide bonds. The molecule has 1 unspecified atom stereocenters. The predicted octanol–water partition coefficient (Wildman–Crippen LogP) is 1.13. The fraction of sp³-hybridized carbons (Fsp3) is 0.250. The minimum atomic E-state index is -0.208. The van der Waals surface area contributed by atoms with Crippen molar-refractivity contribution in [1.29, 1.82) is 0 Å². The fourth-order valence-electron chi connectivity index (χ4n) is 1.65. The third-order valence-electron chi connectivity index (χ3n) is 2.43. The van der Waals surface area contributed by atoms with Crippen LogP contribution in [-0.4, -0.2) is 27.8 Å². The van der Waals surface area contributed by atoms with E-state index in [-0.39, 0.29) is 6.10 Å². The Bertz CT molecular complexity index is 442. The lowest BCUT2D eigenvalue weighted by Gasteiger charge is -2.13. The summed E-state index contributed by atoms with van der Waals surface area (Å²) in [6.45, 7) is 0.480. The van der Waals surface area contributed by atoms with E-state index in [2.05, 4.69) is 15.2 Å². The largest absolute Gasteiger partial charge is 0.464 e. The first-order valence-electron chi connectivity index (χ1n) is 5.35. The molecule has 2 heterocycles. The van der Waals surface area contributed by atoms with Crippen LogP contribution in [0.5, 0.6) is 0 Å². The zero-order chi connectivity index (χ0) is 11.9. The van der Waals surface area contributed by atoms with Crippen LogP contribution < -0.4 is 0 Å². The highest BCUT2D eigenvalue weighted by atomic mass is 16.5. The molecule has 0 bridgehead atoms. The first-order valence-corrected chi connectivity index (χ1v) is 5.35. The highest BCUT2D eigenvalue weighted by Gasteiger charge is 2.12. The standard InChI is InChI=1S/C12H13N3O2/c16-9-17-12(5-10-7-14-15-8-10)6-11-3-1-2-4-13-11/h1-4,7-9,12H,5-6H2,(H,14,15). The first kappa shape index (κ1) is 11.3. The molecule has 17 heavy (non-hydrogen) atoms. The second kappa shape index (κ2) is 5.79. The van der Waals surface area contributed by atoms with Gasteiger partial charge in [-0.2, -0.15) is 5.10 Å². The zero-order valence-electron chi connectivity index (χ0n) is 9.24. The van der Waals surface area contributed by atoms with Gasteiger partial charge < -0.3 is 4.74 Å². The van der Waals surface area contributed by atoms with E-state index in [1.165, 1.54) is 0 Å². The second-order valence-electron chi connectivity index (χ2n) is 3.69. The number of hydrogen-bond acceptors (Lipinski definition) is 4. The molecule has 0 saturated carbocycles. The summed E-state index contributed by atoms with van der Waals surface area (Å²) in [5, 5.41) is 6.59. The number of carbonyl (C=O) groups is 1. The summed E-state index contributed by atoms with van der Waals surface area (Å²) in [5.74, 6) is 0. The van der Waals surface area contributed by atoms with Gasteiger partial charge in [0.2, 0.25) is 0 Å². The van der Waals surface area contributed by atoms with Gasteiger partial charge in [-0.25, -0.2) is 0 Å². The van der Waals surface area contributed by atoms with Crippen molar-refractivity contribution in [2.24, 2.45) is 0 Å². The van der Waals surface area contributed by atoms with Crippen molar-refractivity contribution in [2.75, 3.05) is 0 Å². The van der Waals surface area contributed by atoms with E-state index in [4.69, 9.17) is 4.74 Å². The zero-order valence-corrected chi connectivity index (χ0v) is 9.24. The van der Waals surface area contributed by atoms with Crippen LogP contribution in [0.2, 0.25) is 0 Å². The Balaban J connectivity index is 2.00. The number of nitrogens with zero attached hydrogens (tertiary/aromatic N) is 2. The average Bonchev–Trinajstić information content (AvgIpc) is 2.83. The number of nitrogens with one attached hydrogen (secondary N) is 1. The number of H-pyrrole nitrogens is 1. The number of aromatic nitrogens is 3. The Morgan fingerprint density at radius 1 is 1.41 bits per heavy atom. The lowest BCUT2D eigenvalue weighted by atomic mass is 10.1. The molecule has 5 nitrogen and oxygen atoms in total. The topological polar surface area (TPSA) is 67.9 Å². The van der Waals surface area contributed by atoms with Crippen molar-refractivity contribution < 1.29 is 9.53 Å². The van der Waals surface area contributed by atoms with Crippen molar-refractivity contribution in [3.05, 3.63) is 48.0 Å². The Morgan fingerprint density at radius 2 is 2.35 bits per heavy atom. The molecule has 5 heteroatoms. The Hall–Kier alpha value is -2.17. The lowest BCUT2D eigenvalue weighted by molar-refractivity contribution is -0.133. The van der Waals surface area contributed by atoms with E-state index in [0.717, 1.165) is 11.3 Å². The maximum atomic E-state index is 10.5. The number of pyridine rings is 1. The van der Waals surface area contributed by atoms with E-state index < -0.39 is 0 Å². The van der Waals surface area contributed by atoms with Gasteiger partial charge in [-0.3, -0.25) is 14.9 Å². The SMILES string of the molecule is O=COC(Cc1cn[nH]c1)Cc1ccccn1. The predicted molar refractivity (Wildman–Crippen MR) is 61.2 cm³/mol. The summed E-state index contributed by atoms with van der Waals surface area (Å²) in [4.78, 5) is 14.7. The number of rotatable bonds is 6. The number of carbonyl (C=O) groups excluding carboxylic acids is 1. The molecule has 0 aliphatic carbocycles. The van der Waals surface area contributed by atoms with Crippen LogP contribution in [0.15, 0.2) is 36.8 Å². The van der Waals surface area contributed by atoms with Crippen molar-refractivity contribution in [2.45, 2.75) is 18.9 Å². The van der Waals surface area contributed by atoms with Crippen LogP contribution in [0.4, 0.5) is 0 Å². The minimum absolute atomic E-state index is 0.208. The van der Waals surface area contributed by atoms with Crippen LogP contribution >= 0.6 is 0 Å². The normalized spacial score (nSPS) is 12.0. The van der Waals surface area contributed by atoms with Crippen molar-refractivity contribution in [3.8, 4) is 0 Å². The molecule has 1 N–H and O–H groups in total. The number of aromatic amines is 1. The van der Waals surface area contributed by atoms with Crippen LogP contribution in [0.1, 0.15) is 11.3 Å². The Kier molecular flexibility index (Phi) is 3.85. The third kappa shape index (κ3) is 3.41. The van der Waals surface area contributed by atoms with Crippen molar-refractivity contribution in [3.63, 3.8) is 0 Å². The third-order valence-corrected chi connectivity index (χ3v) is 2.43. The monoisotopic (exact) mass is 231 g/mol. The summed E-state index contributed by atoms with van der Waals surface area (Å²) >= 11 is 0. The lowest BCUT2D eigenvalue weighted by Crippen LogP contribution is -2.19. The average molecular weight is 231 g/mol. The molecular formula is C12H13N3O2. The molecule has 0 radical (unpaired) electrons. The molecule has 0 aromatic carbocycles. The molecule has 2 aromatic rings. The van der Waals surface area contributed by atoms with E-state index in [1.54, 1.807) is 18.6 Å². The fourth-order valence-corrected chi connectivity index (χ4v) is 1.65. The molecule has 2 rings (SSSR count). The molecule has 0 aliphatic heterocycles. The van der Waals surface area contributed by atoms with E-state index in [0.29, 0.717) is 19.3 Å². The summed E-state index contributed by atoms with van der Waals surface area (Å²) in [6, 6.07) is 5.68. The van der Waals surface area contributed by atoms with Gasteiger partial charge in [0.05, 0.1) is 6.20 Å². The number of hydrogen-bond donors (Lipinski definition) is 1. The van der Waals surface area contributed by atoms with Gasteiger partial charge in [-0.05, 0) is 17.7 Å². The highest BCUT2D eigenvalue weighted by molar-refractivity contribution is 5.37. The molecule has 2 aromatic heterocycles. The van der Waals surface area contributed by atoms with Crippen molar-refractivity contribution in [1.82, 2.24) is 15.2 Å². The summed E-state index contributed by atoms with van der Waals surface area (Å²) in [7, 11) is 0. The van der Waals surface area contributed by atoms with Crippen LogP contribution in [0, 0.1) is 0 Å². The maximum Gasteiger partial charge on any atom is 0.293 e. The summed E-state index contributed by atoms with van der Waals surface area (Å²) < 4.78 is 5.06. The highest BCUT2D eigenvalue weighted by Crippen LogP contribution is 2.08. The van der Waals surface area contributed by atoms with E-state index in [9.17, 15) is 4.79 Å². The first-order chi connectivity index (χ1) is 8.38. The summed E-state index contributed by atoms with van der Waals surface area (Å²) in [5.41, 5.74) is 1.91. The van der Waals surface area contributed by atoms with Crippen LogP contribution in [-0.2, 0) is 22.4 Å². The van der Waals surface area contributed by atoms with E-state index >= 15 is 0 Å². The molecule has 88 valence electrons. The van der Waals surface area contributed by atoms with Gasteiger partial charge in [0.25, 0.3) is 6.47 Å². The van der Waals surface area contributed by atoms with Crippen LogP contribution in [0.3, 0.4) is 0 Å². The molecule has 0 spiro atoms. The number of ether oxygens (including phenoxy) is 1. The molecule has 0 fully saturated rings. The van der Waals surface area contributed by atoms with Crippen LogP contribution in [0.25, 0.3) is 0 Å². The summed E-state index contributed by atoms with van der Waals surface area (Å²) in [6.07, 6.45) is 6.26. The van der Waals surface area contributed by atoms with Gasteiger partial charge in [0.1, 0.15) is 6.10 Å². The molecule has 0 aliphatic rings. The second-order valence-corrected chi connectivity index (χ2v) is 3.69. The molecular weight excluding hydrogens is 218 g/mol. The van der Waals surface area contributed by atoms with Gasteiger partial charge in [0.15, 0.2) is 0 Å². The smallest absolute Gasteiger partial charge is 0.293 e. The quantitative estimate of drug-likeness (QED) is 0.757. The van der Waals surface area contributed by atoms with Gasteiger partial charge in [0, 0.05) is 30.9 Å². The maximum absolute atomic E-state index is 10.5. The molecule has 1 atom stereocenters. The van der Waals surface area contributed by atoms with E-state index in [1.807, 2.05) is 18.2 Å². The van der Waals surface area contributed by atoms with Gasteiger partial charge in [-0.1, -0.05) is 6.07 Å². The minimum Gasteiger partial charge on any atom is -0.464 e. The van der Waals surface area contributed by atoms with Gasteiger partial charge >= 0.3 is 0 Å². The Labute approximate surface area is 98.8 Å². The van der Waals surface area contributed by atoms with Gasteiger partial charge in [-0.15, -0.1) is 0 Å². The molecule has 0 saturated heterocycles. The van der Waals surface area contributed by atoms with Crippen molar-refractivity contribution >= 4 is 6.47 Å².